The number of alkyl halides is 1. The van der Waals surface area contributed by atoms with E-state index in [1.54, 1.807) is 27.8 Å². The molecule has 6 heterocycles. The van der Waals surface area contributed by atoms with E-state index in [-0.39, 0.29) is 6.54 Å². The summed E-state index contributed by atoms with van der Waals surface area (Å²) in [4.78, 5) is 19.8. The van der Waals surface area contributed by atoms with Crippen LogP contribution in [0, 0.1) is 23.3 Å². The molecule has 0 amide bonds. The Morgan fingerprint density at radius 3 is 1.85 bits per heavy atom. The number of tetrazole rings is 2. The number of aromatic nitrogens is 12. The Hall–Kier alpha value is -6.32. The van der Waals surface area contributed by atoms with Crippen LogP contribution in [0.1, 0.15) is 11.1 Å². The Balaban J connectivity index is 0.000000139. The average molecular weight is 900 g/mol. The smallest absolute Gasteiger partial charge is 0.192 e. The molecule has 2 aliphatic heterocycles. The molecule has 4 aromatic carbocycles. The summed E-state index contributed by atoms with van der Waals surface area (Å²) in [5.41, 5.74) is 6.09. The van der Waals surface area contributed by atoms with Gasteiger partial charge in [-0.25, -0.2) is 37.5 Å². The van der Waals surface area contributed by atoms with Crippen molar-refractivity contribution in [1.29, 1.82) is 0 Å². The molecule has 0 aliphatic carbocycles. The van der Waals surface area contributed by atoms with Gasteiger partial charge in [0, 0.05) is 24.3 Å². The van der Waals surface area contributed by atoms with Crippen molar-refractivity contribution in [2.75, 3.05) is 22.7 Å². The van der Waals surface area contributed by atoms with Crippen LogP contribution in [0.2, 0.25) is 0 Å². The number of halogens is 5. The number of hydrogen-bond donors (Lipinski definition) is 1. The predicted molar refractivity (Wildman–Crippen MR) is 218 cm³/mol. The van der Waals surface area contributed by atoms with Gasteiger partial charge in [0.2, 0.25) is 0 Å². The fraction of sp³-hybridized carbons (Fsp3) is 0.105. The maximum absolute atomic E-state index is 13.8. The summed E-state index contributed by atoms with van der Waals surface area (Å²) >= 11 is 6.03. The SMILES string of the molecule is CSc1ncc2c(n1)N(Cc1ccc(F)c(F)c1)c1ccccc1-n1nnnc1-2.CSc1ncc2c(n1)Nc1ccccc1-n1nnnc1-2.Fc1ccc(CBr)cc1F. The van der Waals surface area contributed by atoms with Gasteiger partial charge in [-0.2, -0.15) is 9.36 Å². The Bertz CT molecular complexity index is 2810. The van der Waals surface area contributed by atoms with E-state index in [2.05, 4.69) is 72.2 Å². The van der Waals surface area contributed by atoms with Crippen molar-refractivity contribution in [3.05, 3.63) is 132 Å². The zero-order chi connectivity index (χ0) is 41.0. The number of hydrogen-bond acceptors (Lipinski definition) is 14. The molecule has 14 nitrogen and oxygen atoms in total. The molecule has 0 atom stereocenters. The Morgan fingerprint density at radius 1 is 0.627 bits per heavy atom. The number of nitrogens with zero attached hydrogens (tertiary/aromatic N) is 13. The fourth-order valence-corrected chi connectivity index (χ4v) is 7.08. The van der Waals surface area contributed by atoms with Crippen LogP contribution in [0.25, 0.3) is 34.2 Å². The van der Waals surface area contributed by atoms with Gasteiger partial charge in [-0.3, -0.25) is 0 Å². The lowest BCUT2D eigenvalue weighted by Crippen LogP contribution is -2.19. The molecule has 2 aliphatic rings. The van der Waals surface area contributed by atoms with Crippen LogP contribution in [0.4, 0.5) is 40.6 Å². The van der Waals surface area contributed by atoms with Crippen LogP contribution in [0.15, 0.2) is 108 Å². The Kier molecular flexibility index (Phi) is 11.6. The minimum absolute atomic E-state index is 0.268. The second-order valence-corrected chi connectivity index (χ2v) is 14.5. The van der Waals surface area contributed by atoms with E-state index in [4.69, 9.17) is 0 Å². The van der Waals surface area contributed by atoms with Gasteiger partial charge in [-0.05, 0) is 93.0 Å². The van der Waals surface area contributed by atoms with E-state index in [9.17, 15) is 17.6 Å². The van der Waals surface area contributed by atoms with Crippen molar-refractivity contribution >= 4 is 62.5 Å². The van der Waals surface area contributed by atoms with Gasteiger partial charge in [0.25, 0.3) is 0 Å². The normalized spacial score (nSPS) is 11.7. The van der Waals surface area contributed by atoms with Crippen molar-refractivity contribution in [3.8, 4) is 34.2 Å². The summed E-state index contributed by atoms with van der Waals surface area (Å²) in [5, 5.41) is 29.1. The number of nitrogens with one attached hydrogen (secondary N) is 1. The minimum atomic E-state index is -0.892. The molecule has 0 spiro atoms. The van der Waals surface area contributed by atoms with Crippen molar-refractivity contribution in [2.24, 2.45) is 0 Å². The van der Waals surface area contributed by atoms with Crippen LogP contribution < -0.4 is 10.2 Å². The summed E-state index contributed by atoms with van der Waals surface area (Å²) in [6.45, 7) is 0.268. The maximum Gasteiger partial charge on any atom is 0.192 e. The van der Waals surface area contributed by atoms with Crippen molar-refractivity contribution < 1.29 is 17.6 Å². The second kappa shape index (κ2) is 17.3. The molecule has 0 fully saturated rings. The predicted octanol–water partition coefficient (Wildman–Crippen LogP) is 8.53. The molecule has 0 saturated carbocycles. The number of benzene rings is 4. The molecule has 0 unspecified atom stereocenters. The van der Waals surface area contributed by atoms with Gasteiger partial charge in [0.15, 0.2) is 45.2 Å². The third kappa shape index (κ3) is 8.08. The van der Waals surface area contributed by atoms with Gasteiger partial charge in [-0.15, -0.1) is 10.2 Å². The van der Waals surface area contributed by atoms with Gasteiger partial charge in [-0.1, -0.05) is 75.9 Å². The molecule has 8 aromatic rings. The molecule has 59 heavy (non-hydrogen) atoms. The van der Waals surface area contributed by atoms with Crippen LogP contribution >= 0.6 is 39.5 Å². The molecule has 1 N–H and O–H groups in total. The van der Waals surface area contributed by atoms with Gasteiger partial charge >= 0.3 is 0 Å². The first kappa shape index (κ1) is 39.5. The van der Waals surface area contributed by atoms with Gasteiger partial charge in [0.1, 0.15) is 11.6 Å². The van der Waals surface area contributed by atoms with Crippen LogP contribution in [-0.2, 0) is 11.9 Å². The fourth-order valence-electron chi connectivity index (χ4n) is 6.06. The summed E-state index contributed by atoms with van der Waals surface area (Å²) in [6.07, 6.45) is 7.25. The van der Waals surface area contributed by atoms with Crippen LogP contribution in [0.5, 0.6) is 0 Å². The standard InChI is InChI=1S/C19H13F2N7S.C12H9N7S.C7H5BrF2/c1-29-19-22-9-12-17(23-19)27(10-11-6-7-13(20)14(21)8-11)15-4-2-3-5-16(15)28-18(12)24-25-26-28;1-20-12-13-6-7-10(15-12)14-8-4-2-3-5-9(8)19-11(7)16-17-18-19;8-4-5-1-2-6(9)7(10)3-5/h2-9H,10H2,1H3;2-6H,1H3,(H,13,14,15);1-3H,4H2. The summed E-state index contributed by atoms with van der Waals surface area (Å²) < 4.78 is 55.2. The van der Waals surface area contributed by atoms with E-state index < -0.39 is 23.3 Å². The monoisotopic (exact) mass is 898 g/mol. The summed E-state index contributed by atoms with van der Waals surface area (Å²) in [7, 11) is 0. The molecule has 21 heteroatoms. The number of thioether (sulfide) groups is 2. The van der Waals surface area contributed by atoms with Crippen molar-refractivity contribution in [1.82, 2.24) is 60.4 Å². The molecule has 10 rings (SSSR count). The first-order valence-corrected chi connectivity index (χ1v) is 20.9. The number of fused-ring (bicyclic) bond motifs is 10. The lowest BCUT2D eigenvalue weighted by molar-refractivity contribution is 0.507. The highest BCUT2D eigenvalue weighted by molar-refractivity contribution is 9.08. The molecule has 0 bridgehead atoms. The highest BCUT2D eigenvalue weighted by Crippen LogP contribution is 2.41. The third-order valence-corrected chi connectivity index (χ3v) is 10.6. The second-order valence-electron chi connectivity index (χ2n) is 12.4. The van der Waals surface area contributed by atoms with E-state index in [0.29, 0.717) is 50.1 Å². The number of rotatable bonds is 5. The Morgan fingerprint density at radius 2 is 1.19 bits per heavy atom. The lowest BCUT2D eigenvalue weighted by atomic mass is 10.1. The van der Waals surface area contributed by atoms with Crippen molar-refractivity contribution in [3.63, 3.8) is 0 Å². The third-order valence-electron chi connectivity index (χ3n) is 8.80. The first-order valence-electron chi connectivity index (χ1n) is 17.3. The topological polar surface area (TPSA) is 154 Å². The maximum atomic E-state index is 13.8. The van der Waals surface area contributed by atoms with E-state index in [1.165, 1.54) is 41.7 Å². The number of anilines is 4. The van der Waals surface area contributed by atoms with E-state index >= 15 is 0 Å². The Labute approximate surface area is 349 Å². The van der Waals surface area contributed by atoms with Gasteiger partial charge < -0.3 is 10.2 Å². The van der Waals surface area contributed by atoms with Crippen LogP contribution in [-0.4, -0.2) is 72.9 Å². The molecule has 0 saturated heterocycles. The summed E-state index contributed by atoms with van der Waals surface area (Å²) in [5.74, 6) is -0.926. The van der Waals surface area contributed by atoms with Crippen molar-refractivity contribution in [2.45, 2.75) is 22.2 Å². The number of para-hydroxylation sites is 4. The largest absolute Gasteiger partial charge is 0.338 e. The minimum Gasteiger partial charge on any atom is -0.338 e. The zero-order valence-corrected chi connectivity index (χ0v) is 33.9. The average Bonchev–Trinajstić information content (AvgIpc) is 3.92. The molecule has 4 aromatic heterocycles. The molecule has 296 valence electrons. The molecule has 0 radical (unpaired) electrons. The molecular weight excluding hydrogens is 873 g/mol. The van der Waals surface area contributed by atoms with Gasteiger partial charge in [0.05, 0.1) is 33.9 Å². The van der Waals surface area contributed by atoms with E-state index in [1.807, 2.05) is 65.9 Å². The summed E-state index contributed by atoms with van der Waals surface area (Å²) in [6, 6.07) is 23.1. The highest BCUT2D eigenvalue weighted by atomic mass is 79.9. The highest BCUT2D eigenvalue weighted by Gasteiger charge is 2.29. The first-order chi connectivity index (χ1) is 28.8. The lowest BCUT2D eigenvalue weighted by Gasteiger charge is -2.25. The van der Waals surface area contributed by atoms with Crippen LogP contribution in [0.3, 0.4) is 0 Å². The molecular formula is C38H27BrF4N14S2. The quantitative estimate of drug-likeness (QED) is 0.0760. The zero-order valence-electron chi connectivity index (χ0n) is 30.7. The van der Waals surface area contributed by atoms with E-state index in [0.717, 1.165) is 46.0 Å².